The maximum atomic E-state index is 13.5. The zero-order chi connectivity index (χ0) is 52.9. The van der Waals surface area contributed by atoms with Crippen molar-refractivity contribution in [3.63, 3.8) is 0 Å². The van der Waals surface area contributed by atoms with Crippen LogP contribution in [-0.2, 0) is 27.9 Å². The zero-order valence-electron chi connectivity index (χ0n) is 47.4. The van der Waals surface area contributed by atoms with Crippen LogP contribution in [0, 0.1) is 0 Å². The Morgan fingerprint density at radius 3 is 1.32 bits per heavy atom. The summed E-state index contributed by atoms with van der Waals surface area (Å²) in [5.74, 6) is -0.608. The van der Waals surface area contributed by atoms with Gasteiger partial charge >= 0.3 is 13.8 Å². The number of phosphoric ester groups is 1. The zero-order valence-corrected chi connectivity index (χ0v) is 48.3. The highest BCUT2D eigenvalue weighted by atomic mass is 31.2. The first kappa shape index (κ1) is 69.2. The molecule has 0 spiro atoms. The smallest absolute Gasteiger partial charge is 0.456 e. The lowest BCUT2D eigenvalue weighted by molar-refractivity contribution is -0.870. The fraction of sp³-hybridized carbons (Fsp3) is 0.742. The van der Waals surface area contributed by atoms with Crippen LogP contribution >= 0.6 is 7.82 Å². The third-order valence-electron chi connectivity index (χ3n) is 12.6. The molecule has 0 aliphatic heterocycles. The van der Waals surface area contributed by atoms with Gasteiger partial charge in [-0.05, 0) is 96.0 Å². The molecule has 0 bridgehead atoms. The molecule has 72 heavy (non-hydrogen) atoms. The lowest BCUT2D eigenvalue weighted by Gasteiger charge is -2.27. The molecule has 0 radical (unpaired) electrons. The fourth-order valence-corrected chi connectivity index (χ4v) is 8.71. The molecule has 0 aliphatic rings. The van der Waals surface area contributed by atoms with Crippen molar-refractivity contribution in [1.29, 1.82) is 0 Å². The summed E-state index contributed by atoms with van der Waals surface area (Å²) in [4.78, 5) is 37.5. The van der Waals surface area contributed by atoms with E-state index in [0.717, 1.165) is 89.9 Å². The molecule has 0 heterocycles. The van der Waals surface area contributed by atoms with Gasteiger partial charge in [0.25, 0.3) is 0 Å². The molecule has 0 aromatic carbocycles. The predicted molar refractivity (Wildman–Crippen MR) is 309 cm³/mol. The van der Waals surface area contributed by atoms with Crippen LogP contribution in [0.2, 0.25) is 0 Å². The molecule has 9 nitrogen and oxygen atoms in total. The van der Waals surface area contributed by atoms with Gasteiger partial charge in [0.1, 0.15) is 19.3 Å². The predicted octanol–water partition coefficient (Wildman–Crippen LogP) is 17.8. The minimum atomic E-state index is -4.46. The first-order valence-corrected chi connectivity index (χ1v) is 30.9. The monoisotopic (exact) mass is 1030 g/mol. The van der Waals surface area contributed by atoms with Gasteiger partial charge in [-0.1, -0.05) is 222 Å². The third kappa shape index (κ3) is 52.1. The van der Waals surface area contributed by atoms with Crippen molar-refractivity contribution in [3.05, 3.63) is 85.1 Å². The number of hydrogen-bond acceptors (Lipinski definition) is 6. The second-order valence-corrected chi connectivity index (χ2v) is 22.3. The summed E-state index contributed by atoms with van der Waals surface area (Å²) < 4.78 is 30.5. The number of nitrogens with one attached hydrogen (secondary N) is 1. The SMILES string of the molecule is CCCCC/C=C\C/C=C\C/C=C\C/C=C\CCCCCCCC(=O)NC(COP(=O)(O)OCC[N+](C)(C)C)C(/C=C\CCCCCCCCCCCC)OC(=O)CC/C=C/C/C=C\CCCCCCCC. The Morgan fingerprint density at radius 2 is 0.861 bits per heavy atom. The van der Waals surface area contributed by atoms with Crippen LogP contribution in [0.1, 0.15) is 245 Å². The molecule has 0 saturated heterocycles. The second kappa shape index (κ2) is 51.7. The third-order valence-corrected chi connectivity index (χ3v) is 13.6. The van der Waals surface area contributed by atoms with Crippen molar-refractivity contribution >= 4 is 19.7 Å². The Morgan fingerprint density at radius 1 is 0.486 bits per heavy atom. The van der Waals surface area contributed by atoms with Crippen molar-refractivity contribution in [2.24, 2.45) is 0 Å². The average molecular weight is 1030 g/mol. The number of hydrogen-bond donors (Lipinski definition) is 2. The van der Waals surface area contributed by atoms with E-state index in [0.29, 0.717) is 23.9 Å². The molecular formula is C62H112N2O7P+. The van der Waals surface area contributed by atoms with Crippen LogP contribution in [0.3, 0.4) is 0 Å². The summed E-state index contributed by atoms with van der Waals surface area (Å²) >= 11 is 0. The first-order chi connectivity index (χ1) is 34.9. The van der Waals surface area contributed by atoms with Crippen LogP contribution in [0.25, 0.3) is 0 Å². The Kier molecular flexibility index (Phi) is 49.6. The van der Waals surface area contributed by atoms with Gasteiger partial charge in [-0.15, -0.1) is 0 Å². The van der Waals surface area contributed by atoms with E-state index >= 15 is 0 Å². The Balaban J connectivity index is 5.38. The van der Waals surface area contributed by atoms with E-state index in [2.05, 4.69) is 92.9 Å². The van der Waals surface area contributed by atoms with Crippen molar-refractivity contribution in [2.75, 3.05) is 40.9 Å². The van der Waals surface area contributed by atoms with Gasteiger partial charge in [0.2, 0.25) is 5.91 Å². The van der Waals surface area contributed by atoms with E-state index in [4.69, 9.17) is 13.8 Å². The quantitative estimate of drug-likeness (QED) is 0.0205. The number of carbonyl (C=O) groups is 2. The second-order valence-electron chi connectivity index (χ2n) is 20.8. The van der Waals surface area contributed by atoms with Crippen molar-refractivity contribution < 1.29 is 37.3 Å². The van der Waals surface area contributed by atoms with Crippen LogP contribution in [0.5, 0.6) is 0 Å². The molecule has 0 aliphatic carbocycles. The molecule has 3 unspecified atom stereocenters. The van der Waals surface area contributed by atoms with Crippen molar-refractivity contribution in [2.45, 2.75) is 258 Å². The maximum Gasteiger partial charge on any atom is 0.472 e. The molecule has 0 rings (SSSR count). The summed E-state index contributed by atoms with van der Waals surface area (Å²) in [6, 6.07) is -0.884. The number of carbonyl (C=O) groups excluding carboxylic acids is 2. The van der Waals surface area contributed by atoms with Gasteiger partial charge in [-0.3, -0.25) is 18.6 Å². The van der Waals surface area contributed by atoms with Gasteiger partial charge in [0.05, 0.1) is 33.8 Å². The summed E-state index contributed by atoms with van der Waals surface area (Å²) in [6.45, 7) is 6.91. The molecule has 0 aromatic rings. The van der Waals surface area contributed by atoms with E-state index < -0.39 is 25.9 Å². The largest absolute Gasteiger partial charge is 0.472 e. The molecule has 10 heteroatoms. The van der Waals surface area contributed by atoms with Gasteiger partial charge in [-0.25, -0.2) is 4.57 Å². The van der Waals surface area contributed by atoms with Crippen molar-refractivity contribution in [1.82, 2.24) is 5.32 Å². The van der Waals surface area contributed by atoms with Gasteiger partial charge < -0.3 is 19.4 Å². The maximum absolute atomic E-state index is 13.5. The van der Waals surface area contributed by atoms with E-state index in [-0.39, 0.29) is 25.5 Å². The standard InChI is InChI=1S/C62H111N2O7P/c1-7-10-13-16-19-22-25-28-29-30-31-32-33-34-35-37-39-42-45-48-51-54-61(65)63-59(58-70-72(67,68)69-57-56-64(4,5)6)60(53-50-47-44-41-38-27-24-21-18-15-12-9-3)71-62(66)55-52-49-46-43-40-36-26-23-20-17-14-11-8-2/h19,22,28-29,31-32,34-36,40,46,49-50,53,59-60H,7-18,20-21,23-27,30,33,37-39,41-45,47-48,51-52,54-58H2,1-6H3,(H-,63,65,67,68)/p+1/b22-19-,29-28-,32-31-,35-34-,40-36-,49-46+,53-50-. The normalized spacial score (nSPS) is 14.4. The lowest BCUT2D eigenvalue weighted by Crippen LogP contribution is -2.47. The molecule has 2 N–H and O–H groups in total. The molecule has 0 saturated carbocycles. The average Bonchev–Trinajstić information content (AvgIpc) is 3.34. The lowest BCUT2D eigenvalue weighted by atomic mass is 10.0. The van der Waals surface area contributed by atoms with Crippen LogP contribution in [0.4, 0.5) is 0 Å². The minimum absolute atomic E-state index is 0.0253. The molecule has 0 aromatic heterocycles. The van der Waals surface area contributed by atoms with Gasteiger partial charge in [0, 0.05) is 12.8 Å². The first-order valence-electron chi connectivity index (χ1n) is 29.4. The topological polar surface area (TPSA) is 111 Å². The Labute approximate surface area is 444 Å². The van der Waals surface area contributed by atoms with Gasteiger partial charge in [-0.2, -0.15) is 0 Å². The number of likely N-dealkylation sites (N-methyl/N-ethyl adjacent to an activating group) is 1. The Bertz CT molecular complexity index is 1510. The minimum Gasteiger partial charge on any atom is -0.456 e. The fourth-order valence-electron chi connectivity index (χ4n) is 7.98. The van der Waals surface area contributed by atoms with E-state index in [1.807, 2.05) is 39.4 Å². The van der Waals surface area contributed by atoms with Crippen LogP contribution in [-0.4, -0.2) is 74.3 Å². The number of amides is 1. The summed E-state index contributed by atoms with van der Waals surface area (Å²) in [5.41, 5.74) is 0. The van der Waals surface area contributed by atoms with E-state index in [9.17, 15) is 19.0 Å². The number of nitrogens with zero attached hydrogens (tertiary/aromatic N) is 1. The highest BCUT2D eigenvalue weighted by Gasteiger charge is 2.30. The number of rotatable bonds is 52. The Hall–Kier alpha value is -2.81. The molecular weight excluding hydrogens is 916 g/mol. The number of esters is 1. The molecule has 0 fully saturated rings. The van der Waals surface area contributed by atoms with E-state index in [1.165, 1.54) is 116 Å². The number of phosphoric acid groups is 1. The number of ether oxygens (including phenoxy) is 1. The van der Waals surface area contributed by atoms with Crippen molar-refractivity contribution in [3.8, 4) is 0 Å². The van der Waals surface area contributed by atoms with Crippen LogP contribution in [0.15, 0.2) is 85.1 Å². The highest BCUT2D eigenvalue weighted by Crippen LogP contribution is 2.43. The summed E-state index contributed by atoms with van der Waals surface area (Å²) in [6.07, 6.45) is 67.3. The number of allylic oxidation sites excluding steroid dienone is 13. The molecule has 1 amide bonds. The van der Waals surface area contributed by atoms with E-state index in [1.54, 1.807) is 0 Å². The number of quaternary nitrogens is 1. The van der Waals surface area contributed by atoms with Crippen LogP contribution < -0.4 is 5.32 Å². The number of unbranched alkanes of at least 4 members (excludes halogenated alkanes) is 24. The highest BCUT2D eigenvalue weighted by molar-refractivity contribution is 7.47. The summed E-state index contributed by atoms with van der Waals surface area (Å²) in [7, 11) is 1.45. The molecule has 3 atom stereocenters. The molecule has 416 valence electrons. The summed E-state index contributed by atoms with van der Waals surface area (Å²) in [5, 5.41) is 3.02. The van der Waals surface area contributed by atoms with Gasteiger partial charge in [0.15, 0.2) is 0 Å².